The number of benzene rings is 1. The number of hydrogen-bond donors (Lipinski definition) is 0. The molecule has 0 unspecified atom stereocenters. The number of rotatable bonds is 1. The van der Waals surface area contributed by atoms with Crippen LogP contribution in [0.15, 0.2) is 22.6 Å². The second kappa shape index (κ2) is 7.15. The number of aryl methyl sites for hydroxylation is 4. The molecule has 0 fully saturated rings. The Kier molecular flexibility index (Phi) is 5.97. The summed E-state index contributed by atoms with van der Waals surface area (Å²) < 4.78 is 44.8. The fourth-order valence-electron chi connectivity index (χ4n) is 2.51. The molecule has 1 heterocycles. The van der Waals surface area contributed by atoms with E-state index in [0.29, 0.717) is 0 Å². The van der Waals surface area contributed by atoms with E-state index in [1.54, 1.807) is 0 Å². The maximum absolute atomic E-state index is 9.75. The van der Waals surface area contributed by atoms with Gasteiger partial charge in [0.25, 0.3) is 0 Å². The highest BCUT2D eigenvalue weighted by Gasteiger charge is 2.21. The SMILES string of the molecule is Cc1ccc(-c2c(C)c(C)[o+]c(C)c2C)c(C)c1.F[B-](F)(F)F. The van der Waals surface area contributed by atoms with Crippen LogP contribution in [0.25, 0.3) is 11.1 Å². The average molecular weight is 328 g/mol. The Bertz CT molecular complexity index is 676. The van der Waals surface area contributed by atoms with Crippen LogP contribution < -0.4 is 0 Å². The van der Waals surface area contributed by atoms with Gasteiger partial charge in [0.15, 0.2) is 0 Å². The molecule has 126 valence electrons. The molecule has 0 aliphatic heterocycles. The third-order valence-electron chi connectivity index (χ3n) is 3.76. The molecule has 0 amide bonds. The van der Waals surface area contributed by atoms with Crippen LogP contribution >= 0.6 is 0 Å². The standard InChI is InChI=1S/C17H21O.BF4/c1-10-7-8-16(11(2)9-10)17-12(3)14(5)18-15(6)13(17)4;2-1(3,4)5/h7-9H,1-6H3;/q+1;-1. The van der Waals surface area contributed by atoms with Crippen molar-refractivity contribution in [2.75, 3.05) is 0 Å². The first-order valence-electron chi connectivity index (χ1n) is 7.27. The van der Waals surface area contributed by atoms with Crippen LogP contribution in [0.5, 0.6) is 0 Å². The lowest BCUT2D eigenvalue weighted by atomic mass is 9.91. The van der Waals surface area contributed by atoms with Gasteiger partial charge in [-0.2, -0.15) is 0 Å². The molecule has 1 aromatic carbocycles. The molecular formula is C17H21BF4O. The van der Waals surface area contributed by atoms with Gasteiger partial charge in [-0.3, -0.25) is 0 Å². The monoisotopic (exact) mass is 328 g/mol. The maximum atomic E-state index is 9.75. The van der Waals surface area contributed by atoms with Gasteiger partial charge in [0.05, 0.1) is 25.0 Å². The Morgan fingerprint density at radius 3 is 1.61 bits per heavy atom. The molecule has 1 aromatic heterocycles. The molecular weight excluding hydrogens is 307 g/mol. The molecule has 0 bridgehead atoms. The zero-order valence-corrected chi connectivity index (χ0v) is 14.2. The van der Waals surface area contributed by atoms with Gasteiger partial charge in [-0.1, -0.05) is 23.8 Å². The predicted octanol–water partition coefficient (Wildman–Crippen LogP) is 6.38. The molecule has 0 spiro atoms. The highest BCUT2D eigenvalue weighted by Crippen LogP contribution is 2.33. The van der Waals surface area contributed by atoms with Crippen molar-refractivity contribution in [3.63, 3.8) is 0 Å². The zero-order valence-electron chi connectivity index (χ0n) is 14.2. The fraction of sp³-hybridized carbons (Fsp3) is 0.353. The summed E-state index contributed by atoms with van der Waals surface area (Å²) in [4.78, 5) is 0. The van der Waals surface area contributed by atoms with Gasteiger partial charge in [-0.25, -0.2) is 4.42 Å². The summed E-state index contributed by atoms with van der Waals surface area (Å²) in [7, 11) is -6.00. The van der Waals surface area contributed by atoms with E-state index in [-0.39, 0.29) is 0 Å². The van der Waals surface area contributed by atoms with Gasteiger partial charge in [0.2, 0.25) is 0 Å². The first kappa shape index (κ1) is 19.2. The van der Waals surface area contributed by atoms with E-state index in [1.165, 1.54) is 33.4 Å². The predicted molar refractivity (Wildman–Crippen MR) is 87.2 cm³/mol. The Morgan fingerprint density at radius 2 is 1.22 bits per heavy atom. The van der Waals surface area contributed by atoms with Crippen molar-refractivity contribution in [2.24, 2.45) is 0 Å². The number of halogens is 4. The summed E-state index contributed by atoms with van der Waals surface area (Å²) in [6.07, 6.45) is 0. The van der Waals surface area contributed by atoms with Gasteiger partial charge in [0, 0.05) is 5.56 Å². The lowest BCUT2D eigenvalue weighted by Gasteiger charge is -2.11. The van der Waals surface area contributed by atoms with Crippen LogP contribution in [0, 0.1) is 41.5 Å². The van der Waals surface area contributed by atoms with Crippen molar-refractivity contribution < 1.29 is 21.7 Å². The Balaban J connectivity index is 0.000000463. The molecule has 23 heavy (non-hydrogen) atoms. The first-order chi connectivity index (χ1) is 10.4. The van der Waals surface area contributed by atoms with E-state index in [1.807, 2.05) is 13.8 Å². The molecule has 0 radical (unpaired) electrons. The molecule has 0 saturated heterocycles. The first-order valence-corrected chi connectivity index (χ1v) is 7.27. The van der Waals surface area contributed by atoms with Crippen LogP contribution in [0.1, 0.15) is 33.8 Å². The van der Waals surface area contributed by atoms with Crippen LogP contribution in [0.2, 0.25) is 0 Å². The summed E-state index contributed by atoms with van der Waals surface area (Å²) in [5.74, 6) is 2.01. The highest BCUT2D eigenvalue weighted by atomic mass is 19.5. The van der Waals surface area contributed by atoms with E-state index in [0.717, 1.165) is 11.5 Å². The second-order valence-electron chi connectivity index (χ2n) is 5.65. The summed E-state index contributed by atoms with van der Waals surface area (Å²) in [6.45, 7) is 12.7. The number of hydrogen-bond acceptors (Lipinski definition) is 0. The molecule has 2 aromatic rings. The molecule has 0 N–H and O–H groups in total. The highest BCUT2D eigenvalue weighted by molar-refractivity contribution is 6.50. The Morgan fingerprint density at radius 1 is 0.783 bits per heavy atom. The normalized spacial score (nSPS) is 11.0. The van der Waals surface area contributed by atoms with E-state index in [4.69, 9.17) is 4.42 Å². The third-order valence-corrected chi connectivity index (χ3v) is 3.76. The van der Waals surface area contributed by atoms with Crippen LogP contribution in [0.4, 0.5) is 17.3 Å². The fourth-order valence-corrected chi connectivity index (χ4v) is 2.51. The lowest BCUT2D eigenvalue weighted by Crippen LogP contribution is -2.02. The summed E-state index contributed by atoms with van der Waals surface area (Å²) in [6, 6.07) is 6.64. The largest absolute Gasteiger partial charge is 0.673 e. The minimum absolute atomic E-state index is 1.01. The Hall–Kier alpha value is -1.85. The van der Waals surface area contributed by atoms with Crippen molar-refractivity contribution in [2.45, 2.75) is 41.5 Å². The quantitative estimate of drug-likeness (QED) is 0.336. The summed E-state index contributed by atoms with van der Waals surface area (Å²) >= 11 is 0. The molecule has 1 nitrogen and oxygen atoms in total. The van der Waals surface area contributed by atoms with Crippen molar-refractivity contribution in [3.05, 3.63) is 52.0 Å². The topological polar surface area (TPSA) is 11.3 Å². The molecule has 0 aliphatic carbocycles. The van der Waals surface area contributed by atoms with Gasteiger partial charge >= 0.3 is 18.8 Å². The summed E-state index contributed by atoms with van der Waals surface area (Å²) in [5.41, 5.74) is 7.76. The van der Waals surface area contributed by atoms with E-state index < -0.39 is 7.25 Å². The molecule has 6 heteroatoms. The van der Waals surface area contributed by atoms with E-state index in [2.05, 4.69) is 45.9 Å². The van der Waals surface area contributed by atoms with E-state index >= 15 is 0 Å². The van der Waals surface area contributed by atoms with Crippen LogP contribution in [0.3, 0.4) is 0 Å². The lowest BCUT2D eigenvalue weighted by molar-refractivity contribution is 0.368. The van der Waals surface area contributed by atoms with Gasteiger partial charge < -0.3 is 17.3 Å². The zero-order chi connectivity index (χ0) is 17.9. The molecule has 0 saturated carbocycles. The van der Waals surface area contributed by atoms with Crippen LogP contribution in [-0.4, -0.2) is 7.25 Å². The van der Waals surface area contributed by atoms with Crippen molar-refractivity contribution in [3.8, 4) is 11.1 Å². The van der Waals surface area contributed by atoms with E-state index in [9.17, 15) is 17.3 Å². The minimum atomic E-state index is -6.00. The Labute approximate surface area is 134 Å². The average Bonchev–Trinajstić information content (AvgIpc) is 2.37. The molecule has 0 aliphatic rings. The minimum Gasteiger partial charge on any atom is -0.418 e. The van der Waals surface area contributed by atoms with Crippen LogP contribution in [-0.2, 0) is 0 Å². The van der Waals surface area contributed by atoms with Crippen molar-refractivity contribution in [1.82, 2.24) is 0 Å². The maximum Gasteiger partial charge on any atom is 0.673 e. The van der Waals surface area contributed by atoms with Gasteiger partial charge in [-0.15, -0.1) is 0 Å². The molecule has 0 atom stereocenters. The van der Waals surface area contributed by atoms with Gasteiger partial charge in [0.1, 0.15) is 0 Å². The van der Waals surface area contributed by atoms with Gasteiger partial charge in [-0.05, 0) is 38.8 Å². The molecule has 2 rings (SSSR count). The summed E-state index contributed by atoms with van der Waals surface area (Å²) in [5, 5.41) is 0. The smallest absolute Gasteiger partial charge is 0.418 e. The van der Waals surface area contributed by atoms with Crippen molar-refractivity contribution in [1.29, 1.82) is 0 Å². The second-order valence-corrected chi connectivity index (χ2v) is 5.65. The van der Waals surface area contributed by atoms with Crippen molar-refractivity contribution >= 4 is 7.25 Å². The third kappa shape index (κ3) is 5.38.